The molecule has 7 nitrogen and oxygen atoms in total. The number of nitrogens with zero attached hydrogens (tertiary/aromatic N) is 1. The molecule has 1 aliphatic heterocycles. The predicted molar refractivity (Wildman–Crippen MR) is 94.0 cm³/mol. The Morgan fingerprint density at radius 3 is 2.52 bits per heavy atom. The Hall–Kier alpha value is -1.19. The lowest BCUT2D eigenvalue weighted by Gasteiger charge is -2.41. The van der Waals surface area contributed by atoms with Crippen LogP contribution in [0.2, 0.25) is 0 Å². The van der Waals surface area contributed by atoms with Crippen molar-refractivity contribution in [3.05, 3.63) is 28.8 Å². The van der Waals surface area contributed by atoms with E-state index >= 15 is 0 Å². The Morgan fingerprint density at radius 1 is 1.24 bits per heavy atom. The Morgan fingerprint density at radius 2 is 1.92 bits per heavy atom. The summed E-state index contributed by atoms with van der Waals surface area (Å²) in [7, 11) is -2.70. The Balaban J connectivity index is 2.10. The molecule has 0 spiro atoms. The van der Waals surface area contributed by atoms with Gasteiger partial charge in [-0.3, -0.25) is 4.55 Å². The van der Waals surface area contributed by atoms with Crippen LogP contribution < -0.4 is 4.74 Å². The van der Waals surface area contributed by atoms with E-state index in [1.54, 1.807) is 7.11 Å². The highest BCUT2D eigenvalue weighted by molar-refractivity contribution is 7.80. The van der Waals surface area contributed by atoms with Crippen LogP contribution in [0.1, 0.15) is 23.1 Å². The molecule has 0 atom stereocenters. The summed E-state index contributed by atoms with van der Waals surface area (Å²) in [5.74, 6) is 0.885. The van der Waals surface area contributed by atoms with Crippen LogP contribution in [0.5, 0.6) is 5.75 Å². The maximum Gasteiger partial charge on any atom is 0.397 e. The number of methoxy groups -OCH3 is 1. The second-order valence-electron chi connectivity index (χ2n) is 6.63. The summed E-state index contributed by atoms with van der Waals surface area (Å²) in [4.78, 5) is 0. The lowest BCUT2D eigenvalue weighted by Crippen LogP contribution is -2.55. The number of hydrogen-bond donors (Lipinski definition) is 1. The van der Waals surface area contributed by atoms with Crippen molar-refractivity contribution < 1.29 is 31.1 Å². The molecule has 0 radical (unpaired) electrons. The van der Waals surface area contributed by atoms with Gasteiger partial charge in [-0.25, -0.2) is 4.18 Å². The molecule has 25 heavy (non-hydrogen) atoms. The second kappa shape index (κ2) is 8.46. The van der Waals surface area contributed by atoms with Crippen LogP contribution in [-0.2, 0) is 25.9 Å². The van der Waals surface area contributed by atoms with E-state index in [1.165, 1.54) is 11.1 Å². The number of hydrogen-bond acceptors (Lipinski definition) is 5. The van der Waals surface area contributed by atoms with Crippen molar-refractivity contribution in [1.29, 1.82) is 0 Å². The van der Waals surface area contributed by atoms with E-state index < -0.39 is 10.4 Å². The van der Waals surface area contributed by atoms with Gasteiger partial charge in [0, 0.05) is 12.0 Å². The lowest BCUT2D eigenvalue weighted by atomic mass is 10.0. The van der Waals surface area contributed by atoms with Crippen LogP contribution in [0.3, 0.4) is 0 Å². The smallest absolute Gasteiger partial charge is 0.397 e. The monoisotopic (exact) mass is 374 g/mol. The number of morpholine rings is 1. The molecule has 0 saturated carbocycles. The van der Waals surface area contributed by atoms with Crippen LogP contribution in [0.4, 0.5) is 0 Å². The average Bonchev–Trinajstić information content (AvgIpc) is 2.55. The van der Waals surface area contributed by atoms with Crippen molar-refractivity contribution >= 4 is 10.4 Å². The zero-order chi connectivity index (χ0) is 18.5. The molecule has 2 rings (SSSR count). The number of benzene rings is 1. The predicted octanol–water partition coefficient (Wildman–Crippen LogP) is 1.87. The van der Waals surface area contributed by atoms with Gasteiger partial charge >= 0.3 is 10.4 Å². The topological polar surface area (TPSA) is 82.1 Å². The molecule has 1 aromatic carbocycles. The maximum atomic E-state index is 10.7. The first kappa shape index (κ1) is 20.1. The molecule has 142 valence electrons. The quantitative estimate of drug-likeness (QED) is 0.425. The van der Waals surface area contributed by atoms with Crippen molar-refractivity contribution in [2.75, 3.05) is 46.6 Å². The normalized spacial score (nSPS) is 17.4. The third kappa shape index (κ3) is 5.93. The highest BCUT2D eigenvalue weighted by Gasteiger charge is 2.31. The maximum absolute atomic E-state index is 10.7. The summed E-state index contributed by atoms with van der Waals surface area (Å²) in [6.07, 6.45) is 0.543. The Bertz CT molecular complexity index is 683. The third-order valence-corrected chi connectivity index (χ3v) is 5.31. The molecule has 0 aromatic heterocycles. The fourth-order valence-corrected chi connectivity index (χ4v) is 3.67. The molecular weight excluding hydrogens is 346 g/mol. The summed E-state index contributed by atoms with van der Waals surface area (Å²) >= 11 is 0. The molecule has 0 aliphatic carbocycles. The van der Waals surface area contributed by atoms with Crippen LogP contribution in [-0.4, -0.2) is 64.0 Å². The van der Waals surface area contributed by atoms with Gasteiger partial charge in [-0.05, 0) is 37.1 Å². The highest BCUT2D eigenvalue weighted by Crippen LogP contribution is 2.26. The zero-order valence-corrected chi connectivity index (χ0v) is 16.0. The molecule has 1 heterocycles. The summed E-state index contributed by atoms with van der Waals surface area (Å²) in [5.41, 5.74) is 3.52. The number of quaternary nitrogens is 1. The summed E-state index contributed by atoms with van der Waals surface area (Å²) in [6.45, 7) is 8.77. The van der Waals surface area contributed by atoms with Gasteiger partial charge in [0.1, 0.15) is 25.4 Å². The van der Waals surface area contributed by atoms with E-state index in [1.807, 2.05) is 6.92 Å². The third-order valence-electron chi connectivity index (χ3n) is 4.85. The Labute approximate surface area is 150 Å². The standard InChI is InChI=1S/C17H27NO6S/c1-14-11-16(12-17(22-3)15(14)2)13-18(6-9-23-10-7-18)5-4-8-24-25(19,20)21/h11-12H,4-10,13H2,1-3H3/p+1. The zero-order valence-electron chi connectivity index (χ0n) is 15.2. The highest BCUT2D eigenvalue weighted by atomic mass is 32.3. The molecule has 1 aliphatic rings. The number of rotatable bonds is 8. The summed E-state index contributed by atoms with van der Waals surface area (Å²) in [6, 6.07) is 4.26. The number of ether oxygens (including phenoxy) is 2. The van der Waals surface area contributed by atoms with Gasteiger partial charge in [0.15, 0.2) is 0 Å². The first-order chi connectivity index (χ1) is 11.7. The van der Waals surface area contributed by atoms with Gasteiger partial charge in [0.25, 0.3) is 0 Å². The first-order valence-corrected chi connectivity index (χ1v) is 9.80. The van der Waals surface area contributed by atoms with Crippen molar-refractivity contribution in [1.82, 2.24) is 0 Å². The van der Waals surface area contributed by atoms with Gasteiger partial charge in [-0.1, -0.05) is 0 Å². The van der Waals surface area contributed by atoms with Crippen LogP contribution in [0.25, 0.3) is 0 Å². The minimum absolute atomic E-state index is 0.0179. The molecule has 0 amide bonds. The number of aryl methyl sites for hydroxylation is 1. The van der Waals surface area contributed by atoms with E-state index in [0.29, 0.717) is 19.6 Å². The Kier molecular flexibility index (Phi) is 6.81. The minimum atomic E-state index is -4.37. The lowest BCUT2D eigenvalue weighted by molar-refractivity contribution is -0.947. The fraction of sp³-hybridized carbons (Fsp3) is 0.647. The van der Waals surface area contributed by atoms with Crippen molar-refractivity contribution in [3.63, 3.8) is 0 Å². The molecule has 1 saturated heterocycles. The van der Waals surface area contributed by atoms with E-state index in [4.69, 9.17) is 14.0 Å². The minimum Gasteiger partial charge on any atom is -0.496 e. The SMILES string of the molecule is COc1cc(C[N+]2(CCCOS(=O)(=O)O)CCOCC2)cc(C)c1C. The van der Waals surface area contributed by atoms with Crippen molar-refractivity contribution in [2.45, 2.75) is 26.8 Å². The van der Waals surface area contributed by atoms with E-state index in [2.05, 4.69) is 23.2 Å². The van der Waals surface area contributed by atoms with E-state index in [9.17, 15) is 8.42 Å². The van der Waals surface area contributed by atoms with Crippen molar-refractivity contribution in [2.24, 2.45) is 0 Å². The van der Waals surface area contributed by atoms with Crippen LogP contribution in [0, 0.1) is 13.8 Å². The van der Waals surface area contributed by atoms with Gasteiger partial charge in [0.2, 0.25) is 0 Å². The van der Waals surface area contributed by atoms with Gasteiger partial charge in [-0.15, -0.1) is 0 Å². The molecule has 1 fully saturated rings. The molecule has 8 heteroatoms. The second-order valence-corrected chi connectivity index (χ2v) is 7.72. The fourth-order valence-electron chi connectivity index (χ4n) is 3.34. The molecule has 0 bridgehead atoms. The van der Waals surface area contributed by atoms with Gasteiger partial charge < -0.3 is 14.0 Å². The summed E-state index contributed by atoms with van der Waals surface area (Å²) in [5, 5.41) is 0. The summed E-state index contributed by atoms with van der Waals surface area (Å²) < 4.78 is 46.3. The first-order valence-electron chi connectivity index (χ1n) is 8.43. The molecule has 0 unspecified atom stereocenters. The molecule has 1 aromatic rings. The van der Waals surface area contributed by atoms with Crippen LogP contribution in [0.15, 0.2) is 12.1 Å². The largest absolute Gasteiger partial charge is 0.496 e. The van der Waals surface area contributed by atoms with Gasteiger partial charge in [0.05, 0.1) is 33.5 Å². The van der Waals surface area contributed by atoms with E-state index in [-0.39, 0.29) is 6.61 Å². The molecular formula is C17H28NO6S+. The van der Waals surface area contributed by atoms with E-state index in [0.717, 1.165) is 42.0 Å². The van der Waals surface area contributed by atoms with Gasteiger partial charge in [-0.2, -0.15) is 8.42 Å². The average molecular weight is 374 g/mol. The van der Waals surface area contributed by atoms with Crippen LogP contribution >= 0.6 is 0 Å². The molecule has 1 N–H and O–H groups in total. The van der Waals surface area contributed by atoms with Crippen molar-refractivity contribution in [3.8, 4) is 5.75 Å².